The lowest BCUT2D eigenvalue weighted by molar-refractivity contribution is 0.00464. The van der Waals surface area contributed by atoms with Gasteiger partial charge in [0.2, 0.25) is 5.92 Å². The second-order valence-electron chi connectivity index (χ2n) is 8.78. The van der Waals surface area contributed by atoms with Crippen LogP contribution in [0.25, 0.3) is 0 Å². The molecule has 2 aliphatic carbocycles. The van der Waals surface area contributed by atoms with Crippen LogP contribution < -0.4 is 10.0 Å². The van der Waals surface area contributed by atoms with Gasteiger partial charge >= 0.3 is 0 Å². The van der Waals surface area contributed by atoms with Gasteiger partial charge in [0.1, 0.15) is 5.54 Å². The molecule has 1 spiro atoms. The summed E-state index contributed by atoms with van der Waals surface area (Å²) in [6.07, 6.45) is 7.18. The lowest BCUT2D eigenvalue weighted by atomic mass is 9.78. The van der Waals surface area contributed by atoms with Crippen molar-refractivity contribution in [3.05, 3.63) is 0 Å². The minimum atomic E-state index is -3.83. The number of nitrogens with zero attached hydrogens (tertiary/aromatic N) is 2. The summed E-state index contributed by atoms with van der Waals surface area (Å²) in [4.78, 5) is 0. The van der Waals surface area contributed by atoms with Gasteiger partial charge in [-0.3, -0.25) is 5.32 Å². The van der Waals surface area contributed by atoms with E-state index >= 15 is 0 Å². The molecule has 0 amide bonds. The Morgan fingerprint density at radius 1 is 1.15 bits per heavy atom. The molecule has 0 bridgehead atoms. The third-order valence-electron chi connectivity index (χ3n) is 6.36. The van der Waals surface area contributed by atoms with Crippen molar-refractivity contribution in [3.63, 3.8) is 0 Å². The molecule has 0 aromatic rings. The van der Waals surface area contributed by atoms with E-state index in [0.717, 1.165) is 19.8 Å². The SMILES string of the molecule is CC(F)(F)C[C@@H](CNC1(C#N)CC1)NS(=O)(=O)N1CCC2(CCCC2)CC1. The van der Waals surface area contributed by atoms with Crippen LogP contribution in [0.5, 0.6) is 0 Å². The maximum atomic E-state index is 13.6. The van der Waals surface area contributed by atoms with Gasteiger partial charge in [0.05, 0.1) is 6.07 Å². The van der Waals surface area contributed by atoms with Crippen LogP contribution in [-0.4, -0.2) is 49.9 Å². The Hall–Kier alpha value is -0.820. The summed E-state index contributed by atoms with van der Waals surface area (Å²) in [5, 5.41) is 12.1. The van der Waals surface area contributed by atoms with Gasteiger partial charge in [0.25, 0.3) is 10.2 Å². The second kappa shape index (κ2) is 7.54. The van der Waals surface area contributed by atoms with Crippen LogP contribution in [0, 0.1) is 16.7 Å². The summed E-state index contributed by atoms with van der Waals surface area (Å²) >= 11 is 0. The Labute approximate surface area is 160 Å². The van der Waals surface area contributed by atoms with Crippen molar-refractivity contribution in [2.75, 3.05) is 19.6 Å². The molecule has 3 aliphatic rings. The van der Waals surface area contributed by atoms with Crippen molar-refractivity contribution in [1.29, 1.82) is 5.26 Å². The number of alkyl halides is 2. The molecule has 1 heterocycles. The molecule has 2 saturated carbocycles. The van der Waals surface area contributed by atoms with E-state index < -0.39 is 34.1 Å². The molecule has 9 heteroatoms. The quantitative estimate of drug-likeness (QED) is 0.651. The van der Waals surface area contributed by atoms with Gasteiger partial charge in [0.15, 0.2) is 0 Å². The van der Waals surface area contributed by atoms with Gasteiger partial charge in [0, 0.05) is 32.1 Å². The highest BCUT2D eigenvalue weighted by Crippen LogP contribution is 2.46. The largest absolute Gasteiger partial charge is 0.298 e. The van der Waals surface area contributed by atoms with Gasteiger partial charge in [-0.05, 0) is 50.9 Å². The Morgan fingerprint density at radius 2 is 1.74 bits per heavy atom. The number of hydrogen-bond donors (Lipinski definition) is 2. The summed E-state index contributed by atoms with van der Waals surface area (Å²) < 4.78 is 56.5. The summed E-state index contributed by atoms with van der Waals surface area (Å²) in [5.74, 6) is -2.99. The average Bonchev–Trinajstić information content (AvgIpc) is 3.24. The number of nitriles is 1. The molecule has 3 rings (SSSR count). The fraction of sp³-hybridized carbons (Fsp3) is 0.944. The molecule has 154 valence electrons. The van der Waals surface area contributed by atoms with Crippen LogP contribution in [0.1, 0.15) is 64.7 Å². The Morgan fingerprint density at radius 3 is 2.22 bits per heavy atom. The molecule has 3 fully saturated rings. The summed E-state index contributed by atoms with van der Waals surface area (Å²) in [6.45, 7) is 1.70. The Bertz CT molecular complexity index is 666. The zero-order chi connectivity index (χ0) is 19.8. The van der Waals surface area contributed by atoms with E-state index in [9.17, 15) is 17.2 Å². The van der Waals surface area contributed by atoms with Crippen LogP contribution in [0.15, 0.2) is 0 Å². The minimum absolute atomic E-state index is 0.0218. The maximum Gasteiger partial charge on any atom is 0.279 e. The van der Waals surface area contributed by atoms with Crippen LogP contribution in [0.4, 0.5) is 8.78 Å². The van der Waals surface area contributed by atoms with Crippen LogP contribution in [0.3, 0.4) is 0 Å². The third kappa shape index (κ3) is 5.37. The zero-order valence-electron chi connectivity index (χ0n) is 15.9. The molecule has 1 atom stereocenters. The first-order chi connectivity index (χ1) is 12.6. The van der Waals surface area contributed by atoms with E-state index in [0.29, 0.717) is 25.9 Å². The molecule has 1 saturated heterocycles. The molecule has 27 heavy (non-hydrogen) atoms. The highest BCUT2D eigenvalue weighted by Gasteiger charge is 2.44. The highest BCUT2D eigenvalue weighted by atomic mass is 32.2. The first kappa shape index (κ1) is 20.9. The maximum absolute atomic E-state index is 13.6. The van der Waals surface area contributed by atoms with E-state index in [1.165, 1.54) is 30.0 Å². The lowest BCUT2D eigenvalue weighted by Gasteiger charge is -2.39. The number of rotatable bonds is 8. The summed E-state index contributed by atoms with van der Waals surface area (Å²) in [6, 6.07) is 1.18. The first-order valence-electron chi connectivity index (χ1n) is 9.89. The van der Waals surface area contributed by atoms with Gasteiger partial charge in [-0.1, -0.05) is 12.8 Å². The smallest absolute Gasteiger partial charge is 0.279 e. The van der Waals surface area contributed by atoms with Crippen molar-refractivity contribution in [1.82, 2.24) is 14.3 Å². The highest BCUT2D eigenvalue weighted by molar-refractivity contribution is 7.87. The molecule has 0 radical (unpaired) electrons. The number of hydrogen-bond acceptors (Lipinski definition) is 4. The van der Waals surface area contributed by atoms with Gasteiger partial charge in [-0.15, -0.1) is 0 Å². The fourth-order valence-electron chi connectivity index (χ4n) is 4.47. The predicted molar refractivity (Wildman–Crippen MR) is 98.4 cm³/mol. The third-order valence-corrected chi connectivity index (χ3v) is 8.03. The molecular weight excluding hydrogens is 374 g/mol. The fourth-order valence-corrected chi connectivity index (χ4v) is 5.87. The number of halogens is 2. The molecule has 1 aliphatic heterocycles. The molecular formula is C18H30F2N4O2S. The molecule has 2 N–H and O–H groups in total. The molecule has 0 aromatic carbocycles. The van der Waals surface area contributed by atoms with E-state index in [4.69, 9.17) is 5.26 Å². The minimum Gasteiger partial charge on any atom is -0.298 e. The zero-order valence-corrected chi connectivity index (χ0v) is 16.8. The Kier molecular flexibility index (Phi) is 5.84. The number of nitrogens with one attached hydrogen (secondary N) is 2. The second-order valence-corrected chi connectivity index (χ2v) is 10.5. The summed E-state index contributed by atoms with van der Waals surface area (Å²) in [5.41, 5.74) is -0.388. The average molecular weight is 405 g/mol. The van der Waals surface area contributed by atoms with Crippen LogP contribution in [0.2, 0.25) is 0 Å². The normalized spacial score (nSPS) is 26.0. The number of piperidine rings is 1. The standard InChI is InChI=1S/C18H30F2N4O2S/c1-16(19,20)12-15(13-22-18(14-21)6-7-18)23-27(25,26)24-10-8-17(9-11-24)4-2-3-5-17/h15,22-23H,2-13H2,1H3/t15-/m0/s1. The van der Waals surface area contributed by atoms with Crippen molar-refractivity contribution < 1.29 is 17.2 Å². The van der Waals surface area contributed by atoms with Crippen molar-refractivity contribution in [2.24, 2.45) is 5.41 Å². The van der Waals surface area contributed by atoms with E-state index in [1.54, 1.807) is 0 Å². The summed E-state index contributed by atoms with van der Waals surface area (Å²) in [7, 11) is -3.83. The van der Waals surface area contributed by atoms with Crippen molar-refractivity contribution in [3.8, 4) is 6.07 Å². The molecule has 0 aromatic heterocycles. The molecule has 6 nitrogen and oxygen atoms in total. The molecule has 0 unspecified atom stereocenters. The van der Waals surface area contributed by atoms with Crippen LogP contribution in [-0.2, 0) is 10.2 Å². The Balaban J connectivity index is 1.60. The topological polar surface area (TPSA) is 85.2 Å². The van der Waals surface area contributed by atoms with Crippen LogP contribution >= 0.6 is 0 Å². The van der Waals surface area contributed by atoms with Crippen molar-refractivity contribution in [2.45, 2.75) is 82.2 Å². The monoisotopic (exact) mass is 404 g/mol. The van der Waals surface area contributed by atoms with E-state index in [1.807, 2.05) is 0 Å². The van der Waals surface area contributed by atoms with E-state index in [2.05, 4.69) is 16.1 Å². The predicted octanol–water partition coefficient (Wildman–Crippen LogP) is 2.54. The van der Waals surface area contributed by atoms with Crippen molar-refractivity contribution >= 4 is 10.2 Å². The van der Waals surface area contributed by atoms with E-state index in [-0.39, 0.29) is 12.0 Å². The van der Waals surface area contributed by atoms with Gasteiger partial charge in [-0.2, -0.15) is 22.7 Å². The van der Waals surface area contributed by atoms with Gasteiger partial charge < -0.3 is 0 Å². The van der Waals surface area contributed by atoms with Gasteiger partial charge in [-0.25, -0.2) is 8.78 Å². The first-order valence-corrected chi connectivity index (χ1v) is 11.3. The lowest BCUT2D eigenvalue weighted by Crippen LogP contribution is -2.53.